The zero-order valence-corrected chi connectivity index (χ0v) is 10.1. The Morgan fingerprint density at radius 1 is 1.44 bits per heavy atom. The van der Waals surface area contributed by atoms with E-state index in [1.165, 1.54) is 18.9 Å². The van der Waals surface area contributed by atoms with E-state index in [9.17, 15) is 4.79 Å². The molecule has 1 saturated carbocycles. The van der Waals surface area contributed by atoms with E-state index >= 15 is 0 Å². The van der Waals surface area contributed by atoms with E-state index in [1.54, 1.807) is 0 Å². The fourth-order valence-electron chi connectivity index (χ4n) is 1.77. The van der Waals surface area contributed by atoms with E-state index in [1.807, 2.05) is 13.8 Å². The van der Waals surface area contributed by atoms with E-state index in [0.717, 1.165) is 11.7 Å². The summed E-state index contributed by atoms with van der Waals surface area (Å²) in [6.45, 7) is 6.19. The fraction of sp³-hybridized carbons (Fsp3) is 0.667. The molecule has 1 fully saturated rings. The number of hydrogen-bond donors (Lipinski definition) is 2. The SMILES string of the molecule is CC(C)c1nc(NC(C)C2CC2)cc(=O)[nH]1. The number of anilines is 1. The Hall–Kier alpha value is -1.32. The van der Waals surface area contributed by atoms with E-state index in [-0.39, 0.29) is 11.5 Å². The molecule has 1 aromatic rings. The van der Waals surface area contributed by atoms with E-state index in [0.29, 0.717) is 11.9 Å². The van der Waals surface area contributed by atoms with Crippen LogP contribution in [-0.4, -0.2) is 16.0 Å². The van der Waals surface area contributed by atoms with Gasteiger partial charge >= 0.3 is 0 Å². The molecule has 0 aromatic carbocycles. The van der Waals surface area contributed by atoms with Crippen LogP contribution in [0.1, 0.15) is 45.4 Å². The summed E-state index contributed by atoms with van der Waals surface area (Å²) in [5.41, 5.74) is -0.0794. The van der Waals surface area contributed by atoms with Gasteiger partial charge in [-0.1, -0.05) is 13.8 Å². The summed E-state index contributed by atoms with van der Waals surface area (Å²) < 4.78 is 0. The number of hydrogen-bond acceptors (Lipinski definition) is 3. The number of aromatic amines is 1. The average molecular weight is 221 g/mol. The summed E-state index contributed by atoms with van der Waals surface area (Å²) >= 11 is 0. The smallest absolute Gasteiger partial charge is 0.252 e. The third-order valence-electron chi connectivity index (χ3n) is 3.01. The maximum absolute atomic E-state index is 11.4. The molecule has 4 heteroatoms. The number of nitrogens with zero attached hydrogens (tertiary/aromatic N) is 1. The van der Waals surface area contributed by atoms with E-state index in [2.05, 4.69) is 22.2 Å². The lowest BCUT2D eigenvalue weighted by molar-refractivity contribution is 0.684. The molecule has 1 unspecified atom stereocenters. The number of H-pyrrole nitrogens is 1. The summed E-state index contributed by atoms with van der Waals surface area (Å²) in [7, 11) is 0. The highest BCUT2D eigenvalue weighted by Crippen LogP contribution is 2.33. The molecule has 2 N–H and O–H groups in total. The summed E-state index contributed by atoms with van der Waals surface area (Å²) in [6.07, 6.45) is 2.57. The first-order valence-corrected chi connectivity index (χ1v) is 5.94. The molecule has 16 heavy (non-hydrogen) atoms. The quantitative estimate of drug-likeness (QED) is 0.818. The van der Waals surface area contributed by atoms with Crippen LogP contribution < -0.4 is 10.9 Å². The molecule has 1 aromatic heterocycles. The van der Waals surface area contributed by atoms with Gasteiger partial charge < -0.3 is 10.3 Å². The van der Waals surface area contributed by atoms with Gasteiger partial charge in [0.1, 0.15) is 11.6 Å². The van der Waals surface area contributed by atoms with Gasteiger partial charge in [-0.3, -0.25) is 4.79 Å². The Bertz CT molecular complexity index is 421. The van der Waals surface area contributed by atoms with Gasteiger partial charge in [0.2, 0.25) is 0 Å². The third-order valence-corrected chi connectivity index (χ3v) is 3.01. The highest BCUT2D eigenvalue weighted by molar-refractivity contribution is 5.35. The third kappa shape index (κ3) is 2.62. The minimum Gasteiger partial charge on any atom is -0.367 e. The number of rotatable bonds is 4. The monoisotopic (exact) mass is 221 g/mol. The maximum atomic E-state index is 11.4. The van der Waals surface area contributed by atoms with Crippen LogP contribution in [-0.2, 0) is 0 Å². The fourth-order valence-corrected chi connectivity index (χ4v) is 1.77. The van der Waals surface area contributed by atoms with Crippen LogP contribution in [0.25, 0.3) is 0 Å². The molecule has 1 aliphatic carbocycles. The molecular weight excluding hydrogens is 202 g/mol. The predicted molar refractivity (Wildman–Crippen MR) is 64.8 cm³/mol. The van der Waals surface area contributed by atoms with Crippen molar-refractivity contribution in [2.24, 2.45) is 5.92 Å². The lowest BCUT2D eigenvalue weighted by atomic mass is 10.2. The normalized spacial score (nSPS) is 17.5. The molecule has 0 saturated heterocycles. The van der Waals surface area contributed by atoms with Gasteiger partial charge in [0.15, 0.2) is 0 Å². The minimum atomic E-state index is -0.0794. The highest BCUT2D eigenvalue weighted by Gasteiger charge is 2.28. The van der Waals surface area contributed by atoms with Crippen LogP contribution in [0.5, 0.6) is 0 Å². The summed E-state index contributed by atoms with van der Waals surface area (Å²) in [5.74, 6) is 2.44. The molecule has 0 amide bonds. The second-order valence-corrected chi connectivity index (χ2v) is 4.94. The first-order valence-electron chi connectivity index (χ1n) is 5.94. The Kier molecular flexibility index (Phi) is 2.99. The van der Waals surface area contributed by atoms with Crippen molar-refractivity contribution in [3.63, 3.8) is 0 Å². The van der Waals surface area contributed by atoms with Crippen molar-refractivity contribution < 1.29 is 0 Å². The van der Waals surface area contributed by atoms with Crippen LogP contribution in [0.3, 0.4) is 0 Å². The first kappa shape index (κ1) is 11.2. The molecule has 0 spiro atoms. The predicted octanol–water partition coefficient (Wildman–Crippen LogP) is 2.10. The minimum absolute atomic E-state index is 0.0794. The van der Waals surface area contributed by atoms with Gasteiger partial charge in [-0.2, -0.15) is 0 Å². The standard InChI is InChI=1S/C12H19N3O/c1-7(2)12-14-10(6-11(16)15-12)13-8(3)9-4-5-9/h6-9H,4-5H2,1-3H3,(H2,13,14,15,16). The van der Waals surface area contributed by atoms with E-state index < -0.39 is 0 Å². The van der Waals surface area contributed by atoms with Crippen LogP contribution in [0.2, 0.25) is 0 Å². The highest BCUT2D eigenvalue weighted by atomic mass is 16.1. The van der Waals surface area contributed by atoms with Crippen molar-refractivity contribution in [2.45, 2.75) is 45.6 Å². The molecule has 1 heterocycles. The Labute approximate surface area is 95.5 Å². The maximum Gasteiger partial charge on any atom is 0.252 e. The average Bonchev–Trinajstić information content (AvgIpc) is 2.99. The first-order chi connectivity index (χ1) is 7.56. The molecule has 1 atom stereocenters. The van der Waals surface area contributed by atoms with Crippen molar-refractivity contribution in [3.05, 3.63) is 22.2 Å². The second kappa shape index (κ2) is 4.28. The van der Waals surface area contributed by atoms with Gasteiger partial charge in [0.25, 0.3) is 5.56 Å². The molecule has 0 aliphatic heterocycles. The van der Waals surface area contributed by atoms with Crippen LogP contribution >= 0.6 is 0 Å². The lowest BCUT2D eigenvalue weighted by Crippen LogP contribution is -2.21. The van der Waals surface area contributed by atoms with Crippen molar-refractivity contribution in [3.8, 4) is 0 Å². The van der Waals surface area contributed by atoms with Crippen molar-refractivity contribution >= 4 is 5.82 Å². The summed E-state index contributed by atoms with van der Waals surface area (Å²) in [4.78, 5) is 18.6. The Morgan fingerprint density at radius 3 is 2.69 bits per heavy atom. The number of nitrogens with one attached hydrogen (secondary N) is 2. The largest absolute Gasteiger partial charge is 0.367 e. The van der Waals surface area contributed by atoms with Crippen molar-refractivity contribution in [1.29, 1.82) is 0 Å². The Balaban J connectivity index is 2.16. The molecule has 88 valence electrons. The lowest BCUT2D eigenvalue weighted by Gasteiger charge is -2.14. The van der Waals surface area contributed by atoms with Gasteiger partial charge in [0, 0.05) is 18.0 Å². The molecule has 2 rings (SSSR count). The molecule has 4 nitrogen and oxygen atoms in total. The molecular formula is C12H19N3O. The van der Waals surface area contributed by atoms with Crippen LogP contribution in [0.15, 0.2) is 10.9 Å². The van der Waals surface area contributed by atoms with E-state index in [4.69, 9.17) is 0 Å². The zero-order valence-electron chi connectivity index (χ0n) is 10.1. The van der Waals surface area contributed by atoms with Gasteiger partial charge in [-0.05, 0) is 25.7 Å². The van der Waals surface area contributed by atoms with Crippen molar-refractivity contribution in [2.75, 3.05) is 5.32 Å². The zero-order chi connectivity index (χ0) is 11.7. The van der Waals surface area contributed by atoms with Crippen LogP contribution in [0, 0.1) is 5.92 Å². The van der Waals surface area contributed by atoms with Crippen molar-refractivity contribution in [1.82, 2.24) is 9.97 Å². The Morgan fingerprint density at radius 2 is 2.12 bits per heavy atom. The van der Waals surface area contributed by atoms with Gasteiger partial charge in [0.05, 0.1) is 0 Å². The van der Waals surface area contributed by atoms with Gasteiger partial charge in [-0.25, -0.2) is 4.98 Å². The second-order valence-electron chi connectivity index (χ2n) is 4.94. The number of aromatic nitrogens is 2. The summed E-state index contributed by atoms with van der Waals surface area (Å²) in [6, 6.07) is 1.94. The molecule has 0 bridgehead atoms. The molecule has 1 aliphatic rings. The molecule has 0 radical (unpaired) electrons. The summed E-state index contributed by atoms with van der Waals surface area (Å²) in [5, 5.41) is 3.31. The van der Waals surface area contributed by atoms with Crippen LogP contribution in [0.4, 0.5) is 5.82 Å². The topological polar surface area (TPSA) is 57.8 Å². The van der Waals surface area contributed by atoms with Gasteiger partial charge in [-0.15, -0.1) is 0 Å².